The number of amides is 1. The second-order valence-electron chi connectivity index (χ2n) is 8.77. The minimum absolute atomic E-state index is 0.0926. The van der Waals surface area contributed by atoms with Crippen molar-refractivity contribution in [1.29, 1.82) is 0 Å². The number of benzene rings is 1. The van der Waals surface area contributed by atoms with Crippen LogP contribution in [0, 0.1) is 5.92 Å². The Bertz CT molecular complexity index is 754. The summed E-state index contributed by atoms with van der Waals surface area (Å²) in [6.45, 7) is 2.71. The normalized spacial score (nSPS) is 21.1. The van der Waals surface area contributed by atoms with Crippen molar-refractivity contribution in [2.45, 2.75) is 69.7 Å². The summed E-state index contributed by atoms with van der Waals surface area (Å²) in [6.07, 6.45) is 1.82. The van der Waals surface area contributed by atoms with Crippen molar-refractivity contribution >= 4 is 5.91 Å². The molecular weight excluding hydrogens is 405 g/mol. The number of alkyl halides is 3. The maximum Gasteiger partial charge on any atom is 0.412 e. The molecule has 1 amide bonds. The molecule has 2 N–H and O–H groups in total. The van der Waals surface area contributed by atoms with Gasteiger partial charge in [-0.05, 0) is 57.7 Å². The molecule has 172 valence electrons. The molecule has 4 nitrogen and oxygen atoms in total. The molecule has 0 aromatic heterocycles. The van der Waals surface area contributed by atoms with E-state index < -0.39 is 17.4 Å². The van der Waals surface area contributed by atoms with E-state index in [4.69, 9.17) is 0 Å². The van der Waals surface area contributed by atoms with Gasteiger partial charge in [0.05, 0.1) is 0 Å². The first-order valence-electron chi connectivity index (χ1n) is 11.3. The van der Waals surface area contributed by atoms with Gasteiger partial charge in [0.25, 0.3) is 5.91 Å². The van der Waals surface area contributed by atoms with Crippen LogP contribution in [-0.4, -0.2) is 47.8 Å². The van der Waals surface area contributed by atoms with Crippen molar-refractivity contribution in [2.75, 3.05) is 19.6 Å². The summed E-state index contributed by atoms with van der Waals surface area (Å²) in [4.78, 5) is 15.6. The van der Waals surface area contributed by atoms with E-state index in [0.29, 0.717) is 5.56 Å². The third kappa shape index (κ3) is 5.50. The Kier molecular flexibility index (Phi) is 7.81. The summed E-state index contributed by atoms with van der Waals surface area (Å²) >= 11 is 0. The minimum atomic E-state index is -4.36. The van der Waals surface area contributed by atoms with Gasteiger partial charge in [0.15, 0.2) is 5.60 Å². The van der Waals surface area contributed by atoms with Crippen LogP contribution in [0.4, 0.5) is 13.2 Å². The third-order valence-corrected chi connectivity index (χ3v) is 6.76. The van der Waals surface area contributed by atoms with E-state index in [9.17, 15) is 23.1 Å². The zero-order chi connectivity index (χ0) is 22.5. The lowest BCUT2D eigenvalue weighted by atomic mass is 9.78. The standard InChI is InChI=1S/C24H33F3N2O2/c1-18(24(25,26)27)8-7-17-29(21-13-15-28-16-14-21)22(30)23(31,20-11-5-6-12-20)19-9-3-2-4-10-19/h2-4,8-10,20-21,28,31H,5-7,11-17H2,1H3. The van der Waals surface area contributed by atoms with Crippen LogP contribution in [0.25, 0.3) is 0 Å². The fourth-order valence-electron chi connectivity index (χ4n) is 4.89. The number of carbonyl (C=O) groups excluding carboxylic acids is 1. The van der Waals surface area contributed by atoms with E-state index in [0.717, 1.165) is 64.6 Å². The maximum atomic E-state index is 13.9. The predicted octanol–water partition coefficient (Wildman–Crippen LogP) is 4.54. The second kappa shape index (κ2) is 10.2. The fraction of sp³-hybridized carbons (Fsp3) is 0.625. The molecule has 2 fully saturated rings. The topological polar surface area (TPSA) is 52.6 Å². The summed E-state index contributed by atoms with van der Waals surface area (Å²) in [5.41, 5.74) is -1.72. The van der Waals surface area contributed by atoms with Gasteiger partial charge in [0, 0.05) is 24.1 Å². The van der Waals surface area contributed by atoms with E-state index in [-0.39, 0.29) is 30.8 Å². The van der Waals surface area contributed by atoms with Crippen LogP contribution >= 0.6 is 0 Å². The minimum Gasteiger partial charge on any atom is -0.375 e. The molecule has 2 aliphatic rings. The number of hydrogen-bond acceptors (Lipinski definition) is 3. The third-order valence-electron chi connectivity index (χ3n) is 6.76. The monoisotopic (exact) mass is 438 g/mol. The van der Waals surface area contributed by atoms with Crippen LogP contribution in [0.1, 0.15) is 57.4 Å². The van der Waals surface area contributed by atoms with Gasteiger partial charge >= 0.3 is 6.18 Å². The van der Waals surface area contributed by atoms with E-state index in [1.165, 1.54) is 0 Å². The summed E-state index contributed by atoms with van der Waals surface area (Å²) in [6, 6.07) is 8.94. The van der Waals surface area contributed by atoms with Crippen LogP contribution in [0.3, 0.4) is 0 Å². The molecule has 0 bridgehead atoms. The molecule has 1 saturated heterocycles. The molecule has 0 radical (unpaired) electrons. The molecule has 1 saturated carbocycles. The Morgan fingerprint density at radius 1 is 1.13 bits per heavy atom. The van der Waals surface area contributed by atoms with Crippen LogP contribution < -0.4 is 5.32 Å². The lowest BCUT2D eigenvalue weighted by Gasteiger charge is -2.42. The van der Waals surface area contributed by atoms with E-state index in [1.807, 2.05) is 18.2 Å². The number of nitrogens with zero attached hydrogens (tertiary/aromatic N) is 1. The fourth-order valence-corrected chi connectivity index (χ4v) is 4.89. The predicted molar refractivity (Wildman–Crippen MR) is 114 cm³/mol. The van der Waals surface area contributed by atoms with Crippen molar-refractivity contribution < 1.29 is 23.1 Å². The van der Waals surface area contributed by atoms with Gasteiger partial charge in [-0.1, -0.05) is 49.2 Å². The quantitative estimate of drug-likeness (QED) is 0.615. The highest BCUT2D eigenvalue weighted by Crippen LogP contribution is 2.42. The second-order valence-corrected chi connectivity index (χ2v) is 8.77. The van der Waals surface area contributed by atoms with E-state index >= 15 is 0 Å². The highest BCUT2D eigenvalue weighted by Gasteiger charge is 2.49. The first kappa shape index (κ1) is 23.8. The number of nitrogens with one attached hydrogen (secondary N) is 1. The van der Waals surface area contributed by atoms with Crippen molar-refractivity contribution in [3.63, 3.8) is 0 Å². The van der Waals surface area contributed by atoms with Crippen molar-refractivity contribution in [1.82, 2.24) is 10.2 Å². The Balaban J connectivity index is 1.90. The lowest BCUT2D eigenvalue weighted by molar-refractivity contribution is -0.162. The maximum absolute atomic E-state index is 13.9. The molecule has 1 unspecified atom stereocenters. The summed E-state index contributed by atoms with van der Waals surface area (Å²) < 4.78 is 38.7. The number of rotatable bonds is 7. The summed E-state index contributed by atoms with van der Waals surface area (Å²) in [5, 5.41) is 15.2. The number of aliphatic hydroxyl groups is 1. The van der Waals surface area contributed by atoms with Crippen molar-refractivity contribution in [2.24, 2.45) is 5.92 Å². The van der Waals surface area contributed by atoms with Gasteiger partial charge in [0.1, 0.15) is 0 Å². The molecule has 1 atom stereocenters. The molecular formula is C24H33F3N2O2. The molecule has 7 heteroatoms. The molecule has 1 aliphatic carbocycles. The number of piperidine rings is 1. The van der Waals surface area contributed by atoms with Gasteiger partial charge in [-0.3, -0.25) is 4.79 Å². The van der Waals surface area contributed by atoms with Gasteiger partial charge < -0.3 is 15.3 Å². The van der Waals surface area contributed by atoms with Gasteiger partial charge in [-0.15, -0.1) is 0 Å². The number of hydrogen-bond donors (Lipinski definition) is 2. The Hall–Kier alpha value is -1.86. The largest absolute Gasteiger partial charge is 0.412 e. The van der Waals surface area contributed by atoms with Crippen LogP contribution in [0.15, 0.2) is 42.0 Å². The number of carbonyl (C=O) groups is 1. The van der Waals surface area contributed by atoms with Crippen LogP contribution in [-0.2, 0) is 10.4 Å². The molecule has 1 heterocycles. The molecule has 1 aromatic rings. The summed E-state index contributed by atoms with van der Waals surface area (Å²) in [7, 11) is 0. The van der Waals surface area contributed by atoms with Crippen molar-refractivity contribution in [3.8, 4) is 0 Å². The SMILES string of the molecule is CC(=CCCN(C(=O)C(O)(c1ccccc1)C1CCCC1)C1CCNCC1)C(F)(F)F. The highest BCUT2D eigenvalue weighted by atomic mass is 19.4. The molecule has 31 heavy (non-hydrogen) atoms. The number of allylic oxidation sites excluding steroid dienone is 1. The molecule has 0 spiro atoms. The lowest BCUT2D eigenvalue weighted by Crippen LogP contribution is -2.56. The highest BCUT2D eigenvalue weighted by molar-refractivity contribution is 5.87. The first-order chi connectivity index (χ1) is 14.7. The zero-order valence-corrected chi connectivity index (χ0v) is 18.1. The van der Waals surface area contributed by atoms with E-state index in [1.54, 1.807) is 17.0 Å². The molecule has 3 rings (SSSR count). The van der Waals surface area contributed by atoms with Crippen LogP contribution in [0.5, 0.6) is 0 Å². The van der Waals surface area contributed by atoms with Gasteiger partial charge in [-0.25, -0.2) is 0 Å². The van der Waals surface area contributed by atoms with Crippen LogP contribution in [0.2, 0.25) is 0 Å². The Morgan fingerprint density at radius 2 is 1.74 bits per heavy atom. The zero-order valence-electron chi connectivity index (χ0n) is 18.1. The van der Waals surface area contributed by atoms with E-state index in [2.05, 4.69) is 5.32 Å². The van der Waals surface area contributed by atoms with Gasteiger partial charge in [0.2, 0.25) is 0 Å². The Morgan fingerprint density at radius 3 is 2.32 bits per heavy atom. The average Bonchev–Trinajstić information content (AvgIpc) is 3.31. The summed E-state index contributed by atoms with van der Waals surface area (Å²) in [5.74, 6) is -0.547. The molecule has 1 aromatic carbocycles. The first-order valence-corrected chi connectivity index (χ1v) is 11.3. The van der Waals surface area contributed by atoms with Crippen molar-refractivity contribution in [3.05, 3.63) is 47.5 Å². The van der Waals surface area contributed by atoms with Gasteiger partial charge in [-0.2, -0.15) is 13.2 Å². The Labute approximate surface area is 182 Å². The number of halogens is 3. The average molecular weight is 439 g/mol. The molecule has 1 aliphatic heterocycles. The smallest absolute Gasteiger partial charge is 0.375 e.